The van der Waals surface area contributed by atoms with Crippen molar-refractivity contribution in [3.8, 4) is 0 Å². The molecule has 0 aliphatic rings. The highest BCUT2D eigenvalue weighted by Gasteiger charge is 2.12. The van der Waals surface area contributed by atoms with Crippen molar-refractivity contribution in [2.24, 2.45) is 0 Å². The maximum absolute atomic E-state index is 13.7. The summed E-state index contributed by atoms with van der Waals surface area (Å²) in [7, 11) is 0. The maximum Gasteiger partial charge on any atom is 0.319 e. The summed E-state index contributed by atoms with van der Waals surface area (Å²) in [6.07, 6.45) is 0. The molecular weight excluding hydrogens is 389 g/mol. The minimum absolute atomic E-state index is 0.0157. The molecule has 25 heavy (non-hydrogen) atoms. The van der Waals surface area contributed by atoms with Gasteiger partial charge in [-0.25, -0.2) is 9.18 Å². The Morgan fingerprint density at radius 2 is 1.80 bits per heavy atom. The standard InChI is InChI=1S/C18H19BrFN3O2/c1-11(2)22-18(25)23-14-6-3-12(4-7-14)10-21-17(24)15-9-13(19)5-8-16(15)20/h3-9,11H,10H2,1-2H3,(H,21,24)(H2,22,23,25). The second-order valence-electron chi connectivity index (χ2n) is 5.76. The lowest BCUT2D eigenvalue weighted by molar-refractivity contribution is 0.0946. The molecule has 0 fully saturated rings. The topological polar surface area (TPSA) is 70.2 Å². The van der Waals surface area contributed by atoms with Crippen molar-refractivity contribution in [3.63, 3.8) is 0 Å². The van der Waals surface area contributed by atoms with Crippen molar-refractivity contribution in [1.82, 2.24) is 10.6 Å². The molecule has 3 N–H and O–H groups in total. The average Bonchev–Trinajstić information content (AvgIpc) is 2.55. The molecule has 2 aromatic rings. The summed E-state index contributed by atoms with van der Waals surface area (Å²) < 4.78 is 14.3. The molecule has 0 atom stereocenters. The average molecular weight is 408 g/mol. The number of hydrogen-bond donors (Lipinski definition) is 3. The molecule has 0 unspecified atom stereocenters. The van der Waals surface area contributed by atoms with Crippen molar-refractivity contribution in [3.05, 3.63) is 63.9 Å². The van der Waals surface area contributed by atoms with Crippen LogP contribution in [0.5, 0.6) is 0 Å². The van der Waals surface area contributed by atoms with Crippen LogP contribution in [0.2, 0.25) is 0 Å². The predicted octanol–water partition coefficient (Wildman–Crippen LogP) is 4.05. The van der Waals surface area contributed by atoms with E-state index in [0.717, 1.165) is 5.56 Å². The van der Waals surface area contributed by atoms with E-state index in [9.17, 15) is 14.0 Å². The van der Waals surface area contributed by atoms with Crippen LogP contribution in [0.4, 0.5) is 14.9 Å². The van der Waals surface area contributed by atoms with Gasteiger partial charge in [-0.1, -0.05) is 28.1 Å². The Balaban J connectivity index is 1.92. The minimum Gasteiger partial charge on any atom is -0.348 e. The summed E-state index contributed by atoms with van der Waals surface area (Å²) in [5, 5.41) is 8.11. The highest BCUT2D eigenvalue weighted by Crippen LogP contribution is 2.16. The lowest BCUT2D eigenvalue weighted by atomic mass is 10.1. The van der Waals surface area contributed by atoms with Crippen LogP contribution in [0, 0.1) is 5.82 Å². The largest absolute Gasteiger partial charge is 0.348 e. The Morgan fingerprint density at radius 3 is 2.44 bits per heavy atom. The summed E-state index contributed by atoms with van der Waals surface area (Å²) in [5.74, 6) is -1.06. The van der Waals surface area contributed by atoms with E-state index in [-0.39, 0.29) is 24.2 Å². The van der Waals surface area contributed by atoms with Crippen LogP contribution in [-0.4, -0.2) is 18.0 Å². The lowest BCUT2D eigenvalue weighted by Gasteiger charge is -2.11. The minimum atomic E-state index is -0.573. The Kier molecular flexibility index (Phi) is 6.52. The van der Waals surface area contributed by atoms with Crippen LogP contribution >= 0.6 is 15.9 Å². The second-order valence-corrected chi connectivity index (χ2v) is 6.67. The van der Waals surface area contributed by atoms with Crippen LogP contribution in [0.3, 0.4) is 0 Å². The highest BCUT2D eigenvalue weighted by molar-refractivity contribution is 9.10. The summed E-state index contributed by atoms with van der Waals surface area (Å²) >= 11 is 3.22. The monoisotopic (exact) mass is 407 g/mol. The van der Waals surface area contributed by atoms with Gasteiger partial charge in [0.05, 0.1) is 5.56 Å². The molecule has 0 saturated heterocycles. The quantitative estimate of drug-likeness (QED) is 0.699. The third-order valence-electron chi connectivity index (χ3n) is 3.26. The van der Waals surface area contributed by atoms with E-state index in [2.05, 4.69) is 31.9 Å². The third-order valence-corrected chi connectivity index (χ3v) is 3.75. The molecule has 0 spiro atoms. The van der Waals surface area contributed by atoms with Crippen molar-refractivity contribution < 1.29 is 14.0 Å². The zero-order valence-corrected chi connectivity index (χ0v) is 15.5. The Morgan fingerprint density at radius 1 is 1.12 bits per heavy atom. The van der Waals surface area contributed by atoms with Crippen molar-refractivity contribution in [2.45, 2.75) is 26.4 Å². The molecule has 0 bridgehead atoms. The molecule has 2 aromatic carbocycles. The number of carbonyl (C=O) groups is 2. The number of nitrogens with one attached hydrogen (secondary N) is 3. The van der Waals surface area contributed by atoms with Gasteiger partial charge in [0.1, 0.15) is 5.82 Å². The smallest absolute Gasteiger partial charge is 0.319 e. The number of urea groups is 1. The molecule has 0 heterocycles. The van der Waals surface area contributed by atoms with E-state index in [1.807, 2.05) is 13.8 Å². The molecule has 7 heteroatoms. The van der Waals surface area contributed by atoms with Crippen LogP contribution in [0.25, 0.3) is 0 Å². The van der Waals surface area contributed by atoms with Gasteiger partial charge >= 0.3 is 6.03 Å². The SMILES string of the molecule is CC(C)NC(=O)Nc1ccc(CNC(=O)c2cc(Br)ccc2F)cc1. The second kappa shape index (κ2) is 8.62. The molecule has 132 valence electrons. The molecular formula is C18H19BrFN3O2. The van der Waals surface area contributed by atoms with Gasteiger partial charge in [0, 0.05) is 22.7 Å². The Bertz CT molecular complexity index is 763. The zero-order valence-electron chi connectivity index (χ0n) is 13.9. The van der Waals surface area contributed by atoms with Gasteiger partial charge in [-0.3, -0.25) is 4.79 Å². The molecule has 0 aromatic heterocycles. The van der Waals surface area contributed by atoms with Gasteiger partial charge in [0.25, 0.3) is 5.91 Å². The van der Waals surface area contributed by atoms with Crippen LogP contribution in [0.1, 0.15) is 29.8 Å². The van der Waals surface area contributed by atoms with E-state index < -0.39 is 11.7 Å². The van der Waals surface area contributed by atoms with E-state index in [1.54, 1.807) is 24.3 Å². The van der Waals surface area contributed by atoms with Crippen molar-refractivity contribution >= 4 is 33.6 Å². The number of carbonyl (C=O) groups excluding carboxylic acids is 2. The molecule has 5 nitrogen and oxygen atoms in total. The van der Waals surface area contributed by atoms with Gasteiger partial charge in [-0.05, 0) is 49.7 Å². The number of rotatable bonds is 5. The first kappa shape index (κ1) is 18.9. The van der Waals surface area contributed by atoms with Crippen molar-refractivity contribution in [1.29, 1.82) is 0 Å². The van der Waals surface area contributed by atoms with E-state index in [4.69, 9.17) is 0 Å². The maximum atomic E-state index is 13.7. The molecule has 0 aliphatic heterocycles. The third kappa shape index (κ3) is 5.86. The number of hydrogen-bond acceptors (Lipinski definition) is 2. The van der Waals surface area contributed by atoms with Gasteiger partial charge in [0.15, 0.2) is 0 Å². The fourth-order valence-corrected chi connectivity index (χ4v) is 2.45. The predicted molar refractivity (Wildman–Crippen MR) is 99.0 cm³/mol. The number of amides is 3. The van der Waals surface area contributed by atoms with Crippen LogP contribution in [-0.2, 0) is 6.54 Å². The van der Waals surface area contributed by atoms with Crippen LogP contribution < -0.4 is 16.0 Å². The first-order valence-electron chi connectivity index (χ1n) is 7.75. The number of halogens is 2. The zero-order chi connectivity index (χ0) is 18.4. The normalized spacial score (nSPS) is 10.4. The van der Waals surface area contributed by atoms with Gasteiger partial charge in [-0.15, -0.1) is 0 Å². The van der Waals surface area contributed by atoms with Crippen LogP contribution in [0.15, 0.2) is 46.9 Å². The number of benzene rings is 2. The Labute approximate surface area is 154 Å². The summed E-state index contributed by atoms with van der Waals surface area (Å²) in [4.78, 5) is 23.7. The van der Waals surface area contributed by atoms with Gasteiger partial charge in [0.2, 0.25) is 0 Å². The molecule has 0 saturated carbocycles. The first-order chi connectivity index (χ1) is 11.8. The molecule has 0 aliphatic carbocycles. The van der Waals surface area contributed by atoms with E-state index in [0.29, 0.717) is 10.2 Å². The Hall–Kier alpha value is -2.41. The van der Waals surface area contributed by atoms with Gasteiger partial charge < -0.3 is 16.0 Å². The number of anilines is 1. The lowest BCUT2D eigenvalue weighted by Crippen LogP contribution is -2.34. The van der Waals surface area contributed by atoms with Gasteiger partial charge in [-0.2, -0.15) is 0 Å². The summed E-state index contributed by atoms with van der Waals surface area (Å²) in [5.41, 5.74) is 1.46. The summed E-state index contributed by atoms with van der Waals surface area (Å²) in [6, 6.07) is 11.0. The fraction of sp³-hybridized carbons (Fsp3) is 0.222. The molecule has 2 rings (SSSR count). The summed E-state index contributed by atoms with van der Waals surface area (Å²) in [6.45, 7) is 4.00. The highest BCUT2D eigenvalue weighted by atomic mass is 79.9. The van der Waals surface area contributed by atoms with E-state index >= 15 is 0 Å². The van der Waals surface area contributed by atoms with E-state index in [1.165, 1.54) is 18.2 Å². The molecule has 3 amide bonds. The first-order valence-corrected chi connectivity index (χ1v) is 8.54. The molecule has 0 radical (unpaired) electrons. The fourth-order valence-electron chi connectivity index (χ4n) is 2.08. The van der Waals surface area contributed by atoms with Crippen molar-refractivity contribution in [2.75, 3.05) is 5.32 Å².